The van der Waals surface area contributed by atoms with Crippen LogP contribution in [0.25, 0.3) is 6.08 Å². The quantitative estimate of drug-likeness (QED) is 0.622. The molecule has 3 aliphatic rings. The van der Waals surface area contributed by atoms with Crippen molar-refractivity contribution in [2.75, 3.05) is 33.3 Å². The number of ketones is 1. The lowest BCUT2D eigenvalue weighted by molar-refractivity contribution is -0.132. The highest BCUT2D eigenvalue weighted by atomic mass is 16.5. The molecule has 2 aromatic carbocycles. The Hall–Kier alpha value is -3.25. The van der Waals surface area contributed by atoms with Gasteiger partial charge in [0.1, 0.15) is 5.75 Å². The first-order valence-corrected chi connectivity index (χ1v) is 12.1. The fourth-order valence-electron chi connectivity index (χ4n) is 5.50. The molecule has 0 bridgehead atoms. The Labute approximate surface area is 199 Å². The van der Waals surface area contributed by atoms with Crippen LogP contribution in [0.4, 0.5) is 0 Å². The molecular formula is C28H30N2O4. The lowest BCUT2D eigenvalue weighted by atomic mass is 9.88. The molecule has 1 amide bonds. The zero-order valence-corrected chi connectivity index (χ0v) is 19.5. The van der Waals surface area contributed by atoms with Crippen molar-refractivity contribution in [2.45, 2.75) is 31.7 Å². The van der Waals surface area contributed by atoms with Crippen LogP contribution in [0.15, 0.2) is 58.9 Å². The van der Waals surface area contributed by atoms with Crippen LogP contribution in [0.2, 0.25) is 0 Å². The number of amides is 1. The minimum absolute atomic E-state index is 0.00187. The lowest BCUT2D eigenvalue weighted by Gasteiger charge is -2.34. The molecule has 0 N–H and O–H groups in total. The summed E-state index contributed by atoms with van der Waals surface area (Å²) in [5.74, 6) is 1.10. The van der Waals surface area contributed by atoms with E-state index in [1.807, 2.05) is 41.3 Å². The molecular weight excluding hydrogens is 428 g/mol. The van der Waals surface area contributed by atoms with Crippen molar-refractivity contribution in [1.82, 2.24) is 9.80 Å². The molecule has 5 rings (SSSR count). The highest BCUT2D eigenvalue weighted by Crippen LogP contribution is 2.29. The van der Waals surface area contributed by atoms with E-state index in [1.54, 1.807) is 19.2 Å². The van der Waals surface area contributed by atoms with Crippen LogP contribution < -0.4 is 10.2 Å². The van der Waals surface area contributed by atoms with Gasteiger partial charge in [-0.1, -0.05) is 24.3 Å². The molecule has 2 fully saturated rings. The molecule has 1 aliphatic carbocycles. The zero-order chi connectivity index (χ0) is 23.7. The molecule has 176 valence electrons. The first-order chi connectivity index (χ1) is 16.5. The molecule has 2 aliphatic heterocycles. The Bertz CT molecular complexity index is 1180. The number of hydrogen-bond acceptors (Lipinski definition) is 5. The smallest absolute Gasteiger partial charge is 0.240 e. The van der Waals surface area contributed by atoms with Crippen LogP contribution in [0.3, 0.4) is 0 Å². The van der Waals surface area contributed by atoms with Crippen LogP contribution >= 0.6 is 0 Å². The molecule has 0 saturated carbocycles. The zero-order valence-electron chi connectivity index (χ0n) is 19.5. The van der Waals surface area contributed by atoms with Gasteiger partial charge in [0.05, 0.1) is 13.2 Å². The standard InChI is InChI=1S/C28H30N2O4/c1-34-23-8-6-20(7-9-23)27(32)21-10-13-29(14-11-21)25-12-15-30(28(25)33)18-19-16-22-4-2-3-5-26(31)24(22)17-19/h2-9,16,21,25H,10-15,17-18H2,1H3. The van der Waals surface area contributed by atoms with E-state index in [9.17, 15) is 14.4 Å². The minimum atomic E-state index is -0.103. The van der Waals surface area contributed by atoms with Crippen molar-refractivity contribution in [3.8, 4) is 5.75 Å². The summed E-state index contributed by atoms with van der Waals surface area (Å²) in [5.41, 5.74) is 3.70. The summed E-state index contributed by atoms with van der Waals surface area (Å²) < 4.78 is 5.18. The Balaban J connectivity index is 1.16. The van der Waals surface area contributed by atoms with Gasteiger partial charge < -0.3 is 9.64 Å². The van der Waals surface area contributed by atoms with Crippen molar-refractivity contribution in [2.24, 2.45) is 5.92 Å². The number of Topliss-reactive ketones (excluding diaryl/α,β-unsaturated/α-hetero) is 1. The van der Waals surface area contributed by atoms with E-state index in [-0.39, 0.29) is 29.1 Å². The minimum Gasteiger partial charge on any atom is -0.497 e. The number of piperidine rings is 1. The maximum Gasteiger partial charge on any atom is 0.240 e. The third kappa shape index (κ3) is 4.42. The van der Waals surface area contributed by atoms with E-state index in [0.717, 1.165) is 66.9 Å². The van der Waals surface area contributed by atoms with Gasteiger partial charge in [-0.3, -0.25) is 19.3 Å². The maximum atomic E-state index is 13.2. The number of fused-ring (bicyclic) bond motifs is 1. The Morgan fingerprint density at radius 3 is 2.44 bits per heavy atom. The van der Waals surface area contributed by atoms with Gasteiger partial charge in [0.15, 0.2) is 11.2 Å². The molecule has 34 heavy (non-hydrogen) atoms. The van der Waals surface area contributed by atoms with Crippen LogP contribution in [-0.4, -0.2) is 60.8 Å². The van der Waals surface area contributed by atoms with E-state index in [2.05, 4.69) is 11.0 Å². The lowest BCUT2D eigenvalue weighted by Crippen LogP contribution is -2.46. The van der Waals surface area contributed by atoms with Gasteiger partial charge in [0.25, 0.3) is 0 Å². The SMILES string of the molecule is COc1ccc(C(=O)C2CCN(C3CCN(CC4=Cc5ccccc(=O)c5C4)C3=O)CC2)cc1. The summed E-state index contributed by atoms with van der Waals surface area (Å²) in [6.07, 6.45) is 5.05. The fourth-order valence-corrected chi connectivity index (χ4v) is 5.50. The summed E-state index contributed by atoms with van der Waals surface area (Å²) in [4.78, 5) is 42.6. The van der Waals surface area contributed by atoms with Gasteiger partial charge in [-0.2, -0.15) is 0 Å². The molecule has 6 nitrogen and oxygen atoms in total. The molecule has 1 atom stereocenters. The molecule has 0 aromatic heterocycles. The number of likely N-dealkylation sites (tertiary alicyclic amines) is 2. The third-order valence-electron chi connectivity index (χ3n) is 7.42. The molecule has 6 heteroatoms. The van der Waals surface area contributed by atoms with E-state index in [4.69, 9.17) is 4.74 Å². The number of nitrogens with zero attached hydrogens (tertiary/aromatic N) is 2. The van der Waals surface area contributed by atoms with Crippen LogP contribution in [0.1, 0.15) is 40.7 Å². The Kier molecular flexibility index (Phi) is 6.33. The number of carbonyl (C=O) groups excluding carboxylic acids is 2. The van der Waals surface area contributed by atoms with Crippen LogP contribution in [0.5, 0.6) is 5.75 Å². The highest BCUT2D eigenvalue weighted by Gasteiger charge is 2.38. The van der Waals surface area contributed by atoms with Crippen molar-refractivity contribution in [3.05, 3.63) is 81.0 Å². The van der Waals surface area contributed by atoms with Crippen molar-refractivity contribution >= 4 is 17.8 Å². The second-order valence-corrected chi connectivity index (χ2v) is 9.46. The molecule has 2 saturated heterocycles. The maximum absolute atomic E-state index is 13.2. The average Bonchev–Trinajstić information content (AvgIpc) is 3.39. The number of rotatable bonds is 6. The molecule has 0 radical (unpaired) electrons. The number of hydrogen-bond donors (Lipinski definition) is 0. The monoisotopic (exact) mass is 458 g/mol. The number of benzene rings is 1. The first-order valence-electron chi connectivity index (χ1n) is 12.1. The summed E-state index contributed by atoms with van der Waals surface area (Å²) in [5, 5.41) is 0. The predicted octanol–water partition coefficient (Wildman–Crippen LogP) is 3.19. The second-order valence-electron chi connectivity index (χ2n) is 9.46. The third-order valence-corrected chi connectivity index (χ3v) is 7.42. The van der Waals surface area contributed by atoms with Crippen molar-refractivity contribution in [3.63, 3.8) is 0 Å². The van der Waals surface area contributed by atoms with Crippen LogP contribution in [-0.2, 0) is 11.2 Å². The van der Waals surface area contributed by atoms with Crippen LogP contribution in [0, 0.1) is 5.92 Å². The second kappa shape index (κ2) is 9.55. The van der Waals surface area contributed by atoms with E-state index in [1.165, 1.54) is 0 Å². The van der Waals surface area contributed by atoms with Gasteiger partial charge in [-0.05, 0) is 80.2 Å². The van der Waals surface area contributed by atoms with E-state index < -0.39 is 0 Å². The van der Waals surface area contributed by atoms with E-state index >= 15 is 0 Å². The largest absolute Gasteiger partial charge is 0.497 e. The summed E-state index contributed by atoms with van der Waals surface area (Å²) in [7, 11) is 1.62. The van der Waals surface area contributed by atoms with Gasteiger partial charge in [0.2, 0.25) is 5.91 Å². The summed E-state index contributed by atoms with van der Waals surface area (Å²) >= 11 is 0. The topological polar surface area (TPSA) is 66.9 Å². The highest BCUT2D eigenvalue weighted by molar-refractivity contribution is 5.98. The fraction of sp³-hybridized carbons (Fsp3) is 0.393. The Morgan fingerprint density at radius 1 is 0.971 bits per heavy atom. The average molecular weight is 459 g/mol. The number of carbonyl (C=O) groups is 2. The predicted molar refractivity (Wildman–Crippen MR) is 131 cm³/mol. The Morgan fingerprint density at radius 2 is 1.71 bits per heavy atom. The van der Waals surface area contributed by atoms with E-state index in [0.29, 0.717) is 13.0 Å². The number of ether oxygens (including phenoxy) is 1. The van der Waals surface area contributed by atoms with Crippen molar-refractivity contribution < 1.29 is 14.3 Å². The van der Waals surface area contributed by atoms with Gasteiger partial charge in [0, 0.05) is 30.1 Å². The van der Waals surface area contributed by atoms with Gasteiger partial charge in [-0.25, -0.2) is 0 Å². The van der Waals surface area contributed by atoms with Gasteiger partial charge >= 0.3 is 0 Å². The molecule has 2 heterocycles. The first kappa shape index (κ1) is 22.5. The molecule has 0 spiro atoms. The summed E-state index contributed by atoms with van der Waals surface area (Å²) in [6.45, 7) is 2.85. The number of methoxy groups -OCH3 is 1. The summed E-state index contributed by atoms with van der Waals surface area (Å²) in [6, 6.07) is 14.4. The van der Waals surface area contributed by atoms with Gasteiger partial charge in [-0.15, -0.1) is 0 Å². The molecule has 1 unspecified atom stereocenters. The normalized spacial score (nSPS) is 20.9. The molecule has 2 aromatic rings. The van der Waals surface area contributed by atoms with Crippen molar-refractivity contribution in [1.29, 1.82) is 0 Å².